The number of aryl methyl sites for hydroxylation is 1. The lowest BCUT2D eigenvalue weighted by Crippen LogP contribution is -2.26. The van der Waals surface area contributed by atoms with Crippen LogP contribution in [0.25, 0.3) is 0 Å². The molecule has 6 nitrogen and oxygen atoms in total. The molecule has 0 bridgehead atoms. The van der Waals surface area contributed by atoms with E-state index in [1.807, 2.05) is 13.8 Å². The molecule has 0 radical (unpaired) electrons. The highest BCUT2D eigenvalue weighted by Crippen LogP contribution is 2.20. The molecule has 2 aromatic heterocycles. The molecule has 20 heavy (non-hydrogen) atoms. The fourth-order valence-corrected chi connectivity index (χ4v) is 2.60. The Hall–Kier alpha value is -1.70. The summed E-state index contributed by atoms with van der Waals surface area (Å²) < 4.78 is 0. The van der Waals surface area contributed by atoms with Gasteiger partial charge in [-0.25, -0.2) is 15.8 Å². The van der Waals surface area contributed by atoms with Crippen LogP contribution in [0.5, 0.6) is 0 Å². The maximum absolute atomic E-state index is 12.2. The second-order valence-electron chi connectivity index (χ2n) is 4.21. The zero-order valence-corrected chi connectivity index (χ0v) is 12.5. The van der Waals surface area contributed by atoms with E-state index >= 15 is 0 Å². The number of anilines is 1. The molecule has 0 saturated carbocycles. The number of amides is 1. The standard InChI is InChI=1S/C12H14ClN5OS/c1-6-5-15-12(20-6)7(2)16-11(19)8-3-9(13)17-10(4-8)18-14/h3-5,7H,14H2,1-2H3,(H,16,19)(H,17,18). The van der Waals surface area contributed by atoms with Crippen LogP contribution in [-0.4, -0.2) is 15.9 Å². The van der Waals surface area contributed by atoms with Gasteiger partial charge in [0, 0.05) is 16.6 Å². The van der Waals surface area contributed by atoms with Crippen molar-refractivity contribution in [1.82, 2.24) is 15.3 Å². The first kappa shape index (κ1) is 14.7. The van der Waals surface area contributed by atoms with Gasteiger partial charge < -0.3 is 10.7 Å². The smallest absolute Gasteiger partial charge is 0.252 e. The summed E-state index contributed by atoms with van der Waals surface area (Å²) in [6, 6.07) is 2.83. The molecular formula is C12H14ClN5OS. The van der Waals surface area contributed by atoms with Gasteiger partial charge in [0.2, 0.25) is 0 Å². The van der Waals surface area contributed by atoms with E-state index in [1.54, 1.807) is 17.5 Å². The summed E-state index contributed by atoms with van der Waals surface area (Å²) in [6.45, 7) is 3.85. The fourth-order valence-electron chi connectivity index (χ4n) is 1.62. The first-order valence-electron chi connectivity index (χ1n) is 5.87. The van der Waals surface area contributed by atoms with Gasteiger partial charge in [-0.1, -0.05) is 11.6 Å². The van der Waals surface area contributed by atoms with Gasteiger partial charge in [0.05, 0.1) is 6.04 Å². The molecule has 0 aliphatic heterocycles. The average molecular weight is 312 g/mol. The van der Waals surface area contributed by atoms with Crippen LogP contribution in [0.1, 0.15) is 33.2 Å². The van der Waals surface area contributed by atoms with Crippen molar-refractivity contribution in [2.75, 3.05) is 5.43 Å². The predicted octanol–water partition coefficient (Wildman–Crippen LogP) is 2.28. The monoisotopic (exact) mass is 311 g/mol. The van der Waals surface area contributed by atoms with E-state index in [9.17, 15) is 4.79 Å². The largest absolute Gasteiger partial charge is 0.343 e. The minimum atomic E-state index is -0.258. The van der Waals surface area contributed by atoms with Crippen molar-refractivity contribution < 1.29 is 4.79 Å². The molecular weight excluding hydrogens is 298 g/mol. The number of hydrogen-bond donors (Lipinski definition) is 3. The topological polar surface area (TPSA) is 92.9 Å². The lowest BCUT2D eigenvalue weighted by Gasteiger charge is -2.12. The number of halogens is 1. The van der Waals surface area contributed by atoms with Gasteiger partial charge in [0.25, 0.3) is 5.91 Å². The second kappa shape index (κ2) is 6.17. The summed E-state index contributed by atoms with van der Waals surface area (Å²) in [5.74, 6) is 5.35. The Morgan fingerprint density at radius 3 is 2.85 bits per heavy atom. The van der Waals surface area contributed by atoms with E-state index in [1.165, 1.54) is 12.1 Å². The SMILES string of the molecule is Cc1cnc(C(C)NC(=O)c2cc(Cl)nc(NN)c2)s1. The van der Waals surface area contributed by atoms with Crippen LogP contribution in [-0.2, 0) is 0 Å². The number of aromatic nitrogens is 2. The van der Waals surface area contributed by atoms with Crippen LogP contribution in [0.2, 0.25) is 5.15 Å². The molecule has 2 aromatic rings. The molecule has 1 atom stereocenters. The first-order valence-corrected chi connectivity index (χ1v) is 7.06. The van der Waals surface area contributed by atoms with Crippen molar-refractivity contribution in [2.24, 2.45) is 5.84 Å². The van der Waals surface area contributed by atoms with Crippen molar-refractivity contribution in [3.63, 3.8) is 0 Å². The number of nitrogens with one attached hydrogen (secondary N) is 2. The Morgan fingerprint density at radius 1 is 1.50 bits per heavy atom. The van der Waals surface area contributed by atoms with Crippen LogP contribution < -0.4 is 16.6 Å². The summed E-state index contributed by atoms with van der Waals surface area (Å²) >= 11 is 7.38. The van der Waals surface area contributed by atoms with E-state index in [4.69, 9.17) is 17.4 Å². The molecule has 2 heterocycles. The number of thiazole rings is 1. The predicted molar refractivity (Wildman–Crippen MR) is 79.8 cm³/mol. The minimum absolute atomic E-state index is 0.178. The maximum Gasteiger partial charge on any atom is 0.252 e. The van der Waals surface area contributed by atoms with Crippen molar-refractivity contribution in [2.45, 2.75) is 19.9 Å². The number of pyridine rings is 1. The van der Waals surface area contributed by atoms with Crippen LogP contribution in [0, 0.1) is 6.92 Å². The summed E-state index contributed by atoms with van der Waals surface area (Å²) in [5, 5.41) is 3.91. The van der Waals surface area contributed by atoms with Gasteiger partial charge in [0.15, 0.2) is 0 Å². The molecule has 0 aliphatic carbocycles. The average Bonchev–Trinajstić information content (AvgIpc) is 2.84. The first-order chi connectivity index (χ1) is 9.49. The fraction of sp³-hybridized carbons (Fsp3) is 0.250. The van der Waals surface area contributed by atoms with Crippen molar-refractivity contribution >= 4 is 34.7 Å². The molecule has 106 valence electrons. The molecule has 0 spiro atoms. The molecule has 0 aliphatic rings. The van der Waals surface area contributed by atoms with Crippen molar-refractivity contribution in [3.8, 4) is 0 Å². The number of hydrogen-bond acceptors (Lipinski definition) is 6. The number of nitrogens with two attached hydrogens (primary N) is 1. The zero-order valence-electron chi connectivity index (χ0n) is 11.0. The Kier molecular flexibility index (Phi) is 4.53. The summed E-state index contributed by atoms with van der Waals surface area (Å²) in [5.41, 5.74) is 2.75. The number of hydrazine groups is 1. The molecule has 0 fully saturated rings. The normalized spacial score (nSPS) is 12.0. The maximum atomic E-state index is 12.2. The summed E-state index contributed by atoms with van der Waals surface area (Å²) in [7, 11) is 0. The van der Waals surface area contributed by atoms with Gasteiger partial charge in [-0.05, 0) is 26.0 Å². The number of carbonyl (C=O) groups excluding carboxylic acids is 1. The Morgan fingerprint density at radius 2 is 2.25 bits per heavy atom. The Balaban J connectivity index is 2.13. The zero-order chi connectivity index (χ0) is 14.7. The highest BCUT2D eigenvalue weighted by molar-refractivity contribution is 7.11. The number of nitrogen functional groups attached to an aromatic ring is 1. The highest BCUT2D eigenvalue weighted by Gasteiger charge is 2.15. The molecule has 0 aromatic carbocycles. The number of rotatable bonds is 4. The van der Waals surface area contributed by atoms with Crippen LogP contribution in [0.3, 0.4) is 0 Å². The number of nitrogens with zero attached hydrogens (tertiary/aromatic N) is 2. The van der Waals surface area contributed by atoms with Gasteiger partial charge in [-0.15, -0.1) is 11.3 Å². The van der Waals surface area contributed by atoms with E-state index in [-0.39, 0.29) is 17.1 Å². The van der Waals surface area contributed by atoms with Crippen molar-refractivity contribution in [1.29, 1.82) is 0 Å². The quantitative estimate of drug-likeness (QED) is 0.457. The third-order valence-electron chi connectivity index (χ3n) is 2.56. The van der Waals surface area contributed by atoms with Crippen LogP contribution in [0.15, 0.2) is 18.3 Å². The van der Waals surface area contributed by atoms with Crippen LogP contribution in [0.4, 0.5) is 5.82 Å². The van der Waals surface area contributed by atoms with E-state index < -0.39 is 0 Å². The molecule has 8 heteroatoms. The second-order valence-corrected chi connectivity index (χ2v) is 5.87. The molecule has 1 unspecified atom stereocenters. The Bertz CT molecular complexity index is 630. The summed E-state index contributed by atoms with van der Waals surface area (Å²) in [6.07, 6.45) is 1.78. The third-order valence-corrected chi connectivity index (χ3v) is 3.85. The van der Waals surface area contributed by atoms with E-state index in [0.717, 1.165) is 9.88 Å². The number of carbonyl (C=O) groups is 1. The van der Waals surface area contributed by atoms with Gasteiger partial charge in [-0.2, -0.15) is 0 Å². The van der Waals surface area contributed by atoms with Gasteiger partial charge in [0.1, 0.15) is 16.0 Å². The Labute approximate surface area is 125 Å². The van der Waals surface area contributed by atoms with Gasteiger partial charge >= 0.3 is 0 Å². The molecule has 4 N–H and O–H groups in total. The highest BCUT2D eigenvalue weighted by atomic mass is 35.5. The van der Waals surface area contributed by atoms with Crippen molar-refractivity contribution in [3.05, 3.63) is 38.9 Å². The van der Waals surface area contributed by atoms with E-state index in [0.29, 0.717) is 11.4 Å². The van der Waals surface area contributed by atoms with E-state index in [2.05, 4.69) is 20.7 Å². The third kappa shape index (κ3) is 3.44. The molecule has 0 saturated heterocycles. The summed E-state index contributed by atoms with van der Waals surface area (Å²) in [4.78, 5) is 21.4. The lowest BCUT2D eigenvalue weighted by molar-refractivity contribution is 0.0940. The van der Waals surface area contributed by atoms with Crippen LogP contribution >= 0.6 is 22.9 Å². The van der Waals surface area contributed by atoms with Gasteiger partial charge in [-0.3, -0.25) is 4.79 Å². The minimum Gasteiger partial charge on any atom is -0.343 e. The lowest BCUT2D eigenvalue weighted by atomic mass is 10.2. The molecule has 1 amide bonds. The molecule has 2 rings (SSSR count).